The van der Waals surface area contributed by atoms with Crippen LogP contribution < -0.4 is 0 Å². The van der Waals surface area contributed by atoms with Crippen molar-refractivity contribution in [3.8, 4) is 0 Å². The lowest BCUT2D eigenvalue weighted by atomic mass is 10.0. The summed E-state index contributed by atoms with van der Waals surface area (Å²) < 4.78 is 5.23. The van der Waals surface area contributed by atoms with E-state index in [1.54, 1.807) is 0 Å². The predicted octanol–water partition coefficient (Wildman–Crippen LogP) is 2.21. The third kappa shape index (κ3) is 2.93. The molecule has 0 atom stereocenters. The van der Waals surface area contributed by atoms with Crippen molar-refractivity contribution in [3.05, 3.63) is 17.0 Å². The molecule has 4 nitrogen and oxygen atoms in total. The molecule has 0 N–H and O–H groups in total. The normalized spacial score (nSPS) is 19.4. The maximum atomic E-state index is 5.23. The Morgan fingerprint density at radius 3 is 2.17 bits per heavy atom. The number of piperazine rings is 1. The van der Waals surface area contributed by atoms with Crippen LogP contribution in [0.5, 0.6) is 0 Å². The van der Waals surface area contributed by atoms with Gasteiger partial charge in [-0.05, 0) is 34.6 Å². The Balaban J connectivity index is 1.91. The van der Waals surface area contributed by atoms with E-state index in [1.165, 1.54) is 5.56 Å². The monoisotopic (exact) mass is 251 g/mol. The zero-order chi connectivity index (χ0) is 13.3. The average molecular weight is 251 g/mol. The molecule has 2 rings (SSSR count). The molecule has 0 bridgehead atoms. The Hall–Kier alpha value is -0.870. The lowest BCUT2D eigenvalue weighted by Crippen LogP contribution is -2.53. The molecule has 1 saturated heterocycles. The summed E-state index contributed by atoms with van der Waals surface area (Å²) in [6.45, 7) is 16.4. The van der Waals surface area contributed by atoms with Gasteiger partial charge in [-0.25, -0.2) is 0 Å². The van der Waals surface area contributed by atoms with Crippen LogP contribution in [0.2, 0.25) is 0 Å². The first-order valence-corrected chi connectivity index (χ1v) is 6.77. The van der Waals surface area contributed by atoms with E-state index < -0.39 is 0 Å². The second kappa shape index (κ2) is 5.02. The third-order valence-corrected chi connectivity index (χ3v) is 3.88. The minimum absolute atomic E-state index is 0.287. The van der Waals surface area contributed by atoms with Crippen molar-refractivity contribution in [1.29, 1.82) is 0 Å². The van der Waals surface area contributed by atoms with Gasteiger partial charge in [-0.1, -0.05) is 5.16 Å². The highest BCUT2D eigenvalue weighted by Crippen LogP contribution is 2.19. The predicted molar refractivity (Wildman–Crippen MR) is 72.6 cm³/mol. The highest BCUT2D eigenvalue weighted by Gasteiger charge is 2.26. The molecule has 0 aromatic carbocycles. The smallest absolute Gasteiger partial charge is 0.138 e. The minimum Gasteiger partial charge on any atom is -0.361 e. The van der Waals surface area contributed by atoms with Gasteiger partial charge in [-0.15, -0.1) is 0 Å². The van der Waals surface area contributed by atoms with E-state index in [0.717, 1.165) is 44.2 Å². The summed E-state index contributed by atoms with van der Waals surface area (Å²) in [5.74, 6) is 0.964. The van der Waals surface area contributed by atoms with Crippen LogP contribution in [0.1, 0.15) is 37.8 Å². The van der Waals surface area contributed by atoms with Crippen LogP contribution in [0.3, 0.4) is 0 Å². The second-order valence-corrected chi connectivity index (χ2v) is 6.24. The van der Waals surface area contributed by atoms with Gasteiger partial charge in [0.25, 0.3) is 0 Å². The van der Waals surface area contributed by atoms with Gasteiger partial charge < -0.3 is 4.52 Å². The quantitative estimate of drug-likeness (QED) is 0.806. The number of aryl methyl sites for hydroxylation is 2. The van der Waals surface area contributed by atoms with Crippen LogP contribution in [0.4, 0.5) is 0 Å². The van der Waals surface area contributed by atoms with E-state index in [2.05, 4.69) is 35.7 Å². The summed E-state index contributed by atoms with van der Waals surface area (Å²) in [4.78, 5) is 5.05. The maximum Gasteiger partial charge on any atom is 0.138 e. The Morgan fingerprint density at radius 2 is 1.72 bits per heavy atom. The van der Waals surface area contributed by atoms with Crippen LogP contribution in [0.15, 0.2) is 4.52 Å². The van der Waals surface area contributed by atoms with Gasteiger partial charge in [0.1, 0.15) is 5.76 Å². The standard InChI is InChI=1S/C14H25N3O/c1-11-13(12(2)18-15-11)10-16-6-8-17(9-7-16)14(3,4)5/h6-10H2,1-5H3. The average Bonchev–Trinajstić information content (AvgIpc) is 2.60. The molecular weight excluding hydrogens is 226 g/mol. The van der Waals surface area contributed by atoms with E-state index in [9.17, 15) is 0 Å². The molecule has 0 saturated carbocycles. The van der Waals surface area contributed by atoms with Gasteiger partial charge >= 0.3 is 0 Å². The van der Waals surface area contributed by atoms with Gasteiger partial charge in [0, 0.05) is 43.8 Å². The first-order chi connectivity index (χ1) is 8.38. The minimum atomic E-state index is 0.287. The molecule has 102 valence electrons. The molecule has 0 radical (unpaired) electrons. The highest BCUT2D eigenvalue weighted by molar-refractivity contribution is 5.20. The van der Waals surface area contributed by atoms with E-state index in [0.29, 0.717) is 0 Å². The van der Waals surface area contributed by atoms with Gasteiger partial charge in [0.15, 0.2) is 0 Å². The highest BCUT2D eigenvalue weighted by atomic mass is 16.5. The van der Waals surface area contributed by atoms with Gasteiger partial charge in [-0.2, -0.15) is 0 Å². The molecule has 0 amide bonds. The first kappa shape index (κ1) is 13.6. The molecule has 1 aromatic rings. The van der Waals surface area contributed by atoms with E-state index in [1.807, 2.05) is 13.8 Å². The zero-order valence-corrected chi connectivity index (χ0v) is 12.3. The van der Waals surface area contributed by atoms with Crippen LogP contribution in [0, 0.1) is 13.8 Å². The molecule has 18 heavy (non-hydrogen) atoms. The van der Waals surface area contributed by atoms with Crippen molar-refractivity contribution in [2.45, 2.75) is 46.7 Å². The molecule has 0 unspecified atom stereocenters. The van der Waals surface area contributed by atoms with Crippen molar-refractivity contribution in [3.63, 3.8) is 0 Å². The number of nitrogens with zero attached hydrogens (tertiary/aromatic N) is 3. The molecule has 0 spiro atoms. The van der Waals surface area contributed by atoms with Crippen molar-refractivity contribution < 1.29 is 4.52 Å². The number of rotatable bonds is 2. The topological polar surface area (TPSA) is 32.5 Å². The second-order valence-electron chi connectivity index (χ2n) is 6.24. The number of hydrogen-bond donors (Lipinski definition) is 0. The maximum absolute atomic E-state index is 5.23. The first-order valence-electron chi connectivity index (χ1n) is 6.77. The largest absolute Gasteiger partial charge is 0.361 e. The SMILES string of the molecule is Cc1noc(C)c1CN1CCN(C(C)(C)C)CC1. The summed E-state index contributed by atoms with van der Waals surface area (Å²) in [7, 11) is 0. The Labute approximate surface area is 110 Å². The third-order valence-electron chi connectivity index (χ3n) is 3.88. The molecule has 1 aliphatic heterocycles. The van der Waals surface area contributed by atoms with Crippen molar-refractivity contribution >= 4 is 0 Å². The summed E-state index contributed by atoms with van der Waals surface area (Å²) in [6.07, 6.45) is 0. The van der Waals surface area contributed by atoms with Crippen molar-refractivity contribution in [2.75, 3.05) is 26.2 Å². The summed E-state index contributed by atoms with van der Waals surface area (Å²) in [5, 5.41) is 4.02. The van der Waals surface area contributed by atoms with Crippen LogP contribution in [0.25, 0.3) is 0 Å². The molecule has 2 heterocycles. The summed E-state index contributed by atoms with van der Waals surface area (Å²) in [6, 6.07) is 0. The fourth-order valence-electron chi connectivity index (χ4n) is 2.53. The Kier molecular flexibility index (Phi) is 3.78. The van der Waals surface area contributed by atoms with E-state index >= 15 is 0 Å². The Bertz CT molecular complexity index is 378. The van der Waals surface area contributed by atoms with Crippen LogP contribution >= 0.6 is 0 Å². The van der Waals surface area contributed by atoms with Gasteiger partial charge in [0.05, 0.1) is 5.69 Å². The van der Waals surface area contributed by atoms with Crippen molar-refractivity contribution in [1.82, 2.24) is 15.0 Å². The molecular formula is C14H25N3O. The molecule has 0 aliphatic carbocycles. The lowest BCUT2D eigenvalue weighted by molar-refractivity contribution is 0.0588. The lowest BCUT2D eigenvalue weighted by Gasteiger charge is -2.42. The van der Waals surface area contributed by atoms with E-state index in [-0.39, 0.29) is 5.54 Å². The van der Waals surface area contributed by atoms with Crippen LogP contribution in [-0.2, 0) is 6.54 Å². The zero-order valence-electron chi connectivity index (χ0n) is 12.3. The number of aromatic nitrogens is 1. The number of hydrogen-bond acceptors (Lipinski definition) is 4. The molecule has 1 aromatic heterocycles. The molecule has 1 aliphatic rings. The molecule has 4 heteroatoms. The van der Waals surface area contributed by atoms with Gasteiger partial charge in [-0.3, -0.25) is 9.80 Å². The van der Waals surface area contributed by atoms with Gasteiger partial charge in [0.2, 0.25) is 0 Å². The van der Waals surface area contributed by atoms with Crippen LogP contribution in [-0.4, -0.2) is 46.7 Å². The van der Waals surface area contributed by atoms with Crippen molar-refractivity contribution in [2.24, 2.45) is 0 Å². The fourth-order valence-corrected chi connectivity index (χ4v) is 2.53. The summed E-state index contributed by atoms with van der Waals surface area (Å²) >= 11 is 0. The summed E-state index contributed by atoms with van der Waals surface area (Å²) in [5.41, 5.74) is 2.58. The van der Waals surface area contributed by atoms with E-state index in [4.69, 9.17) is 4.52 Å². The fraction of sp³-hybridized carbons (Fsp3) is 0.786. The molecule has 1 fully saturated rings. The Morgan fingerprint density at radius 1 is 1.11 bits per heavy atom.